The van der Waals surface area contributed by atoms with Gasteiger partial charge in [-0.2, -0.15) is 0 Å². The molecule has 0 aromatic heterocycles. The molecule has 0 heterocycles. The molecule has 0 saturated heterocycles. The van der Waals surface area contributed by atoms with Gasteiger partial charge in [0.15, 0.2) is 23.1 Å². The first-order chi connectivity index (χ1) is 37.9. The van der Waals surface area contributed by atoms with Crippen molar-refractivity contribution >= 4 is 47.1 Å². The summed E-state index contributed by atoms with van der Waals surface area (Å²) in [4.78, 5) is 48.4. The van der Waals surface area contributed by atoms with Gasteiger partial charge in [0.05, 0.1) is 0 Å². The van der Waals surface area contributed by atoms with Crippen LogP contribution in [0.4, 0.5) is 0 Å². The van der Waals surface area contributed by atoms with Gasteiger partial charge in [-0.1, -0.05) is 285 Å². The van der Waals surface area contributed by atoms with Gasteiger partial charge < -0.3 is 15.3 Å². The molecule has 2 N–H and O–H groups in total. The van der Waals surface area contributed by atoms with Gasteiger partial charge in [0.1, 0.15) is 0 Å². The Kier molecular flexibility index (Phi) is 48.9. The monoisotopic (exact) mass is 1230 g/mol. The van der Waals surface area contributed by atoms with E-state index >= 15 is 0 Å². The van der Waals surface area contributed by atoms with E-state index in [0.717, 1.165) is 122 Å². The van der Waals surface area contributed by atoms with E-state index in [1.165, 1.54) is 0 Å². The number of halogens is 1. The number of fused-ring (bicyclic) bond motifs is 8. The Morgan fingerprint density at radius 1 is 0.272 bits per heavy atom. The fraction of sp³-hybridized carbons (Fsp3) is 0.278. The molecule has 0 atom stereocenters. The van der Waals surface area contributed by atoms with E-state index in [9.17, 15) is 19.2 Å². The van der Waals surface area contributed by atoms with E-state index in [-0.39, 0.29) is 111 Å². The average Bonchev–Trinajstić information content (AvgIpc) is 3.52. The number of aliphatic hydroxyl groups excluding tert-OH is 1. The van der Waals surface area contributed by atoms with Crippen LogP contribution in [0.1, 0.15) is 199 Å². The molecule has 4 aliphatic carbocycles. The number of aliphatic hydroxyl groups is 1. The Morgan fingerprint density at radius 2 is 0.358 bits per heavy atom. The zero-order valence-electron chi connectivity index (χ0n) is 50.6. The number of hydrogen-bond acceptors (Lipinski definition) is 7. The molecule has 0 aliphatic heterocycles. The molecule has 0 amide bonds. The molecule has 0 unspecified atom stereocenters. The second kappa shape index (κ2) is 48.2. The van der Waals surface area contributed by atoms with Crippen LogP contribution in [-0.2, 0) is 30.4 Å². The number of ether oxygens (including phenoxy) is 1. The Balaban J connectivity index is -0.000000441. The molecule has 81 heavy (non-hydrogen) atoms. The SMILES string of the molecule is C.CC.CC.CC.CC.CC.CC.CO.COC.I.O=C1c2ccccc2Cc2ccccc21.O=C1c2ccccc2Cc2ccccc21.O=C1c2ccccc2Cc2ccccc21.O=C1c2ccccc2Cc2ccccc21.[K+].[OH-]. The normalized spacial score (nSPS) is 10.5. The van der Waals surface area contributed by atoms with Crippen LogP contribution in [0.3, 0.4) is 0 Å². The van der Waals surface area contributed by atoms with Crippen molar-refractivity contribution in [3.8, 4) is 0 Å². The molecule has 7 nitrogen and oxygen atoms in total. The quantitative estimate of drug-likeness (QED) is 0.118. The van der Waals surface area contributed by atoms with Crippen molar-refractivity contribution in [3.63, 3.8) is 0 Å². The molecule has 8 aromatic carbocycles. The number of carbonyl (C=O) groups excluding carboxylic acids is 4. The minimum absolute atomic E-state index is 0. The molecule has 8 aromatic rings. The maximum atomic E-state index is 12.1. The second-order valence-electron chi connectivity index (χ2n) is 15.7. The summed E-state index contributed by atoms with van der Waals surface area (Å²) in [5.74, 6) is 0.639. The molecule has 0 saturated carbocycles. The second-order valence-corrected chi connectivity index (χ2v) is 15.7. The first kappa shape index (κ1) is 82.2. The molecule has 9 heteroatoms. The van der Waals surface area contributed by atoms with Gasteiger partial charge in [0, 0.05) is 65.8 Å². The van der Waals surface area contributed by atoms with Gasteiger partial charge in [0.25, 0.3) is 0 Å². The predicted molar refractivity (Wildman–Crippen MR) is 350 cm³/mol. The van der Waals surface area contributed by atoms with Crippen molar-refractivity contribution in [2.24, 2.45) is 0 Å². The van der Waals surface area contributed by atoms with Crippen LogP contribution in [0.15, 0.2) is 194 Å². The molecular weight excluding hydrogens is 1140 g/mol. The summed E-state index contributed by atoms with van der Waals surface area (Å²) in [6, 6.07) is 62.8. The molecule has 12 rings (SSSR count). The summed E-state index contributed by atoms with van der Waals surface area (Å²) >= 11 is 0. The maximum absolute atomic E-state index is 12.1. The van der Waals surface area contributed by atoms with Crippen molar-refractivity contribution < 1.29 is 85.9 Å². The van der Waals surface area contributed by atoms with E-state index in [1.807, 2.05) is 277 Å². The van der Waals surface area contributed by atoms with Crippen LogP contribution in [0, 0.1) is 0 Å². The Hall–Kier alpha value is -5.31. The van der Waals surface area contributed by atoms with Crippen LogP contribution in [-0.4, -0.2) is 55.0 Å². The van der Waals surface area contributed by atoms with Gasteiger partial charge >= 0.3 is 51.4 Å². The zero-order chi connectivity index (χ0) is 57.7. The molecule has 0 spiro atoms. The van der Waals surface area contributed by atoms with Gasteiger partial charge in [-0.25, -0.2) is 0 Å². The first-order valence-corrected chi connectivity index (χ1v) is 27.5. The number of carbonyl (C=O) groups is 4. The summed E-state index contributed by atoms with van der Waals surface area (Å²) in [7, 11) is 4.25. The van der Waals surface area contributed by atoms with Gasteiger partial charge in [0.2, 0.25) is 0 Å². The third-order valence-corrected chi connectivity index (χ3v) is 11.6. The van der Waals surface area contributed by atoms with E-state index in [1.54, 1.807) is 14.2 Å². The Bertz CT molecular complexity index is 2420. The van der Waals surface area contributed by atoms with Gasteiger partial charge in [-0.3, -0.25) is 19.2 Å². The molecule has 0 fully saturated rings. The van der Waals surface area contributed by atoms with Crippen LogP contribution in [0.5, 0.6) is 0 Å². The van der Waals surface area contributed by atoms with Gasteiger partial charge in [-0.05, 0) is 70.2 Å². The van der Waals surface area contributed by atoms with Crippen LogP contribution < -0.4 is 51.4 Å². The summed E-state index contributed by atoms with van der Waals surface area (Å²) in [5, 5.41) is 7.00. The van der Waals surface area contributed by atoms with Crippen molar-refractivity contribution in [1.29, 1.82) is 0 Å². The van der Waals surface area contributed by atoms with Crippen LogP contribution >= 0.6 is 24.0 Å². The van der Waals surface area contributed by atoms with E-state index in [2.05, 4.69) is 4.74 Å². The largest absolute Gasteiger partial charge is 1.00 e. The summed E-state index contributed by atoms with van der Waals surface area (Å²) in [5.41, 5.74) is 16.0. The standard InChI is InChI=1S/4C14H10O.C2H6O.6C2H6.CH4O.CH4.HI.K.H2O/c4*15-14-12-7-3-1-5-10(12)9-11-6-2-4-8-13(11)14;1-3-2;7*1-2;;;;/h4*1-8H,9H2;1-2H3;6*1-2H3;2H,1H3;1H4;1H;;1H2/q;;;;;;;;;;;;;;+1;/p-1. The zero-order valence-corrected chi connectivity index (χ0v) is 56.1. The minimum Gasteiger partial charge on any atom is -0.870 e. The van der Waals surface area contributed by atoms with Crippen LogP contribution in [0.2, 0.25) is 0 Å². The number of rotatable bonds is 0. The summed E-state index contributed by atoms with van der Waals surface area (Å²) < 4.78 is 4.25. The average molecular weight is 1240 g/mol. The third-order valence-electron chi connectivity index (χ3n) is 11.6. The Morgan fingerprint density at radius 3 is 0.457 bits per heavy atom. The maximum Gasteiger partial charge on any atom is 1.00 e. The number of hydrogen-bond donors (Lipinski definition) is 1. The van der Waals surface area contributed by atoms with Crippen molar-refractivity contribution in [1.82, 2.24) is 0 Å². The molecule has 0 radical (unpaired) electrons. The smallest absolute Gasteiger partial charge is 0.870 e. The molecular formula is C72H92IKO7. The Labute approximate surface area is 548 Å². The number of methoxy groups -OCH3 is 1. The third kappa shape index (κ3) is 23.1. The fourth-order valence-electron chi connectivity index (χ4n) is 8.57. The van der Waals surface area contributed by atoms with Crippen LogP contribution in [0.25, 0.3) is 0 Å². The van der Waals surface area contributed by atoms with E-state index in [0.29, 0.717) is 0 Å². The molecule has 430 valence electrons. The summed E-state index contributed by atoms with van der Waals surface area (Å²) in [6.07, 6.45) is 3.49. The van der Waals surface area contributed by atoms with Crippen molar-refractivity contribution in [2.75, 3.05) is 21.3 Å². The molecule has 0 bridgehead atoms. The number of ketones is 4. The van der Waals surface area contributed by atoms with Crippen molar-refractivity contribution in [2.45, 2.75) is 116 Å². The minimum atomic E-state index is 0. The topological polar surface area (TPSA) is 128 Å². The van der Waals surface area contributed by atoms with Crippen molar-refractivity contribution in [3.05, 3.63) is 283 Å². The number of benzene rings is 8. The summed E-state index contributed by atoms with van der Waals surface area (Å²) in [6.45, 7) is 24.0. The molecule has 4 aliphatic rings. The first-order valence-electron chi connectivity index (χ1n) is 27.5. The van der Waals surface area contributed by atoms with E-state index < -0.39 is 0 Å². The van der Waals surface area contributed by atoms with Gasteiger partial charge in [-0.15, -0.1) is 24.0 Å². The fourth-order valence-corrected chi connectivity index (χ4v) is 8.57. The van der Waals surface area contributed by atoms with E-state index in [4.69, 9.17) is 5.11 Å². The predicted octanol–water partition coefficient (Wildman–Crippen LogP) is 15.4.